The van der Waals surface area contributed by atoms with E-state index in [-0.39, 0.29) is 11.9 Å². The Hall–Kier alpha value is -1.84. The molecule has 0 atom stereocenters. The number of hydrogen-bond donors (Lipinski definition) is 0. The quantitative estimate of drug-likeness (QED) is 0.719. The summed E-state index contributed by atoms with van der Waals surface area (Å²) in [4.78, 5) is 26.3. The largest absolute Gasteiger partial charge is 0.444 e. The van der Waals surface area contributed by atoms with Gasteiger partial charge in [-0.2, -0.15) is 0 Å². The Kier molecular flexibility index (Phi) is 6.26. The summed E-state index contributed by atoms with van der Waals surface area (Å²) in [5.74, 6) is 1.02. The maximum atomic E-state index is 12.5. The number of likely N-dealkylation sites (tertiary alicyclic amines) is 1. The van der Waals surface area contributed by atoms with Crippen LogP contribution in [0.3, 0.4) is 0 Å². The van der Waals surface area contributed by atoms with Gasteiger partial charge in [-0.15, -0.1) is 0 Å². The summed E-state index contributed by atoms with van der Waals surface area (Å²) in [5, 5.41) is 0. The molecule has 4 heteroatoms. The van der Waals surface area contributed by atoms with E-state index in [1.807, 2.05) is 45.0 Å². The van der Waals surface area contributed by atoms with E-state index < -0.39 is 5.60 Å². The summed E-state index contributed by atoms with van der Waals surface area (Å²) < 4.78 is 5.41. The fourth-order valence-corrected chi connectivity index (χ4v) is 3.08. The van der Waals surface area contributed by atoms with Crippen molar-refractivity contribution in [2.45, 2.75) is 65.4 Å². The first-order valence-electron chi connectivity index (χ1n) is 9.27. The number of rotatable bonds is 4. The summed E-state index contributed by atoms with van der Waals surface area (Å²) in [6.45, 7) is 11.3. The second-order valence-electron chi connectivity index (χ2n) is 8.31. The lowest BCUT2D eigenvalue weighted by Gasteiger charge is -2.33. The Labute approximate surface area is 151 Å². The van der Waals surface area contributed by atoms with E-state index >= 15 is 0 Å². The zero-order valence-corrected chi connectivity index (χ0v) is 16.2. The molecule has 1 aliphatic rings. The van der Waals surface area contributed by atoms with Gasteiger partial charge in [0.1, 0.15) is 5.60 Å². The highest BCUT2D eigenvalue weighted by Crippen LogP contribution is 2.24. The van der Waals surface area contributed by atoms with E-state index in [2.05, 4.69) is 13.8 Å². The number of carbonyl (C=O) groups is 2. The molecule has 1 aromatic carbocycles. The molecule has 1 fully saturated rings. The first-order chi connectivity index (χ1) is 11.7. The second kappa shape index (κ2) is 8.03. The topological polar surface area (TPSA) is 46.6 Å². The van der Waals surface area contributed by atoms with Crippen molar-refractivity contribution in [3.8, 4) is 0 Å². The van der Waals surface area contributed by atoms with Gasteiger partial charge in [0, 0.05) is 25.1 Å². The number of piperidine rings is 1. The van der Waals surface area contributed by atoms with Crippen molar-refractivity contribution in [2.24, 2.45) is 5.92 Å². The van der Waals surface area contributed by atoms with Crippen molar-refractivity contribution in [2.75, 3.05) is 13.1 Å². The summed E-state index contributed by atoms with van der Waals surface area (Å²) in [6, 6.07) is 7.97. The maximum absolute atomic E-state index is 12.5. The van der Waals surface area contributed by atoms with Crippen LogP contribution < -0.4 is 0 Å². The smallest absolute Gasteiger partial charge is 0.410 e. The van der Waals surface area contributed by atoms with Crippen molar-refractivity contribution in [1.82, 2.24) is 4.90 Å². The Morgan fingerprint density at radius 3 is 2.16 bits per heavy atom. The SMILES string of the molecule is CC(C)c1ccc(C(=O)CC2CCN(C(=O)OC(C)(C)C)CC2)cc1. The van der Waals surface area contributed by atoms with Gasteiger partial charge >= 0.3 is 6.09 Å². The molecule has 1 aliphatic heterocycles. The molecule has 0 N–H and O–H groups in total. The van der Waals surface area contributed by atoms with Crippen molar-refractivity contribution < 1.29 is 14.3 Å². The van der Waals surface area contributed by atoms with Crippen LogP contribution in [0.4, 0.5) is 4.79 Å². The second-order valence-corrected chi connectivity index (χ2v) is 8.31. The number of amides is 1. The lowest BCUT2D eigenvalue weighted by atomic mass is 9.89. The van der Waals surface area contributed by atoms with Crippen molar-refractivity contribution in [3.05, 3.63) is 35.4 Å². The van der Waals surface area contributed by atoms with Gasteiger partial charge in [0.15, 0.2) is 5.78 Å². The van der Waals surface area contributed by atoms with Crippen LogP contribution in [0.2, 0.25) is 0 Å². The zero-order valence-electron chi connectivity index (χ0n) is 16.2. The fraction of sp³-hybridized carbons (Fsp3) is 0.619. The average Bonchev–Trinajstić information content (AvgIpc) is 2.54. The minimum absolute atomic E-state index is 0.200. The Morgan fingerprint density at radius 1 is 1.12 bits per heavy atom. The predicted octanol–water partition coefficient (Wildman–Crippen LogP) is 5.03. The van der Waals surface area contributed by atoms with Gasteiger partial charge < -0.3 is 9.64 Å². The molecule has 1 aromatic rings. The molecule has 1 amide bonds. The van der Waals surface area contributed by atoms with E-state index in [0.29, 0.717) is 31.3 Å². The summed E-state index contributed by atoms with van der Waals surface area (Å²) in [7, 11) is 0. The standard InChI is InChI=1S/C21H31NO3/c1-15(2)17-6-8-18(9-7-17)19(23)14-16-10-12-22(13-11-16)20(24)25-21(3,4)5/h6-9,15-16H,10-14H2,1-5H3. The van der Waals surface area contributed by atoms with Crippen molar-refractivity contribution in [3.63, 3.8) is 0 Å². The summed E-state index contributed by atoms with van der Waals surface area (Å²) in [6.07, 6.45) is 2.02. The molecule has 1 saturated heterocycles. The van der Waals surface area contributed by atoms with Gasteiger partial charge in [-0.1, -0.05) is 38.1 Å². The first kappa shape index (κ1) is 19.5. The van der Waals surface area contributed by atoms with E-state index in [1.54, 1.807) is 4.90 Å². The predicted molar refractivity (Wildman–Crippen MR) is 100 cm³/mol. The number of benzene rings is 1. The number of ketones is 1. The Bertz CT molecular complexity index is 591. The average molecular weight is 345 g/mol. The van der Waals surface area contributed by atoms with Gasteiger partial charge in [0.25, 0.3) is 0 Å². The molecule has 0 spiro atoms. The summed E-state index contributed by atoms with van der Waals surface area (Å²) >= 11 is 0. The molecule has 4 nitrogen and oxygen atoms in total. The molecule has 0 saturated carbocycles. The number of carbonyl (C=O) groups excluding carboxylic acids is 2. The molecule has 25 heavy (non-hydrogen) atoms. The van der Waals surface area contributed by atoms with Crippen LogP contribution in [0.25, 0.3) is 0 Å². The highest BCUT2D eigenvalue weighted by molar-refractivity contribution is 5.96. The third kappa shape index (κ3) is 5.87. The molecular weight excluding hydrogens is 314 g/mol. The minimum atomic E-state index is -0.466. The lowest BCUT2D eigenvalue weighted by Crippen LogP contribution is -2.42. The van der Waals surface area contributed by atoms with Crippen molar-refractivity contribution >= 4 is 11.9 Å². The van der Waals surface area contributed by atoms with Crippen molar-refractivity contribution in [1.29, 1.82) is 0 Å². The van der Waals surface area contributed by atoms with Crippen LogP contribution in [0, 0.1) is 5.92 Å². The fourth-order valence-electron chi connectivity index (χ4n) is 3.08. The Balaban J connectivity index is 1.83. The molecule has 0 bridgehead atoms. The minimum Gasteiger partial charge on any atom is -0.444 e. The van der Waals surface area contributed by atoms with E-state index in [9.17, 15) is 9.59 Å². The molecule has 0 radical (unpaired) electrons. The van der Waals surface area contributed by atoms with Crippen LogP contribution >= 0.6 is 0 Å². The van der Waals surface area contributed by atoms with E-state index in [0.717, 1.165) is 18.4 Å². The van der Waals surface area contributed by atoms with Crippen LogP contribution in [-0.4, -0.2) is 35.5 Å². The lowest BCUT2D eigenvalue weighted by molar-refractivity contribution is 0.0183. The number of ether oxygens (including phenoxy) is 1. The number of nitrogens with zero attached hydrogens (tertiary/aromatic N) is 1. The highest BCUT2D eigenvalue weighted by Gasteiger charge is 2.27. The van der Waals surface area contributed by atoms with Gasteiger partial charge in [-0.3, -0.25) is 4.79 Å². The van der Waals surface area contributed by atoms with Gasteiger partial charge in [-0.05, 0) is 51.0 Å². The van der Waals surface area contributed by atoms with Gasteiger partial charge in [0.05, 0.1) is 0 Å². The molecule has 0 aromatic heterocycles. The van der Waals surface area contributed by atoms with Crippen LogP contribution in [-0.2, 0) is 4.74 Å². The molecule has 0 unspecified atom stereocenters. The number of Topliss-reactive ketones (excluding diaryl/α,β-unsaturated/α-hetero) is 1. The molecule has 0 aliphatic carbocycles. The van der Waals surface area contributed by atoms with E-state index in [4.69, 9.17) is 4.74 Å². The van der Waals surface area contributed by atoms with E-state index in [1.165, 1.54) is 5.56 Å². The van der Waals surface area contributed by atoms with Gasteiger partial charge in [0.2, 0.25) is 0 Å². The highest BCUT2D eigenvalue weighted by atomic mass is 16.6. The summed E-state index contributed by atoms with van der Waals surface area (Å²) in [5.41, 5.74) is 1.58. The number of hydrogen-bond acceptors (Lipinski definition) is 3. The zero-order chi connectivity index (χ0) is 18.6. The molecular formula is C21H31NO3. The molecule has 1 heterocycles. The van der Waals surface area contributed by atoms with Crippen LogP contribution in [0.5, 0.6) is 0 Å². The molecule has 2 rings (SSSR count). The monoisotopic (exact) mass is 345 g/mol. The third-order valence-electron chi connectivity index (χ3n) is 4.64. The normalized spacial score (nSPS) is 16.2. The van der Waals surface area contributed by atoms with Crippen LogP contribution in [0.15, 0.2) is 24.3 Å². The van der Waals surface area contributed by atoms with Crippen LogP contribution in [0.1, 0.15) is 75.7 Å². The Morgan fingerprint density at radius 2 is 1.68 bits per heavy atom. The molecule has 138 valence electrons. The van der Waals surface area contributed by atoms with Gasteiger partial charge in [-0.25, -0.2) is 4.79 Å². The maximum Gasteiger partial charge on any atom is 0.410 e. The third-order valence-corrected chi connectivity index (χ3v) is 4.64. The first-order valence-corrected chi connectivity index (χ1v) is 9.27.